The monoisotopic (exact) mass is 1320 g/mol. The summed E-state index contributed by atoms with van der Waals surface area (Å²) in [5.41, 5.74) is 0. The highest BCUT2D eigenvalue weighted by molar-refractivity contribution is 5.77. The number of carboxylic acid groups (broad SMARTS) is 1. The molecule has 18 atom stereocenters. The number of rotatable bonds is 53. The van der Waals surface area contributed by atoms with Gasteiger partial charge in [-0.15, -0.1) is 0 Å². The quantitative estimate of drug-likeness (QED) is 0.0225. The van der Waals surface area contributed by atoms with E-state index in [2.05, 4.69) is 36.6 Å². The standard InChI is InChI=1S/C69H124N2O21/c1-4-6-8-10-12-14-16-18-19-20-21-22-23-24-25-26-27-28-29-31-32-34-36-38-40-42-51(76)50(71-56(79)43-41-39-37-35-33-30-17-15-13-11-9-7-5-2)48-87-66-61(83)60(82)63(55(47-74)89-66)90-67-62(84)65(59(81)54(46-73)88-67)92-69(68(85)86)44-52(77)57(70-49(3)75)64(91-69)58(80)53(78)45-72/h30,33,37,39-40,42,50-55,57-67,72-74,76-78,80-84H,4-29,31-32,34-36,38,41,43-48H2,1-3H3,(H,70,75)(H,71,79)(H,85,86)/b33-30-,39-37-,42-40+. The molecule has 2 amide bonds. The lowest BCUT2D eigenvalue weighted by molar-refractivity contribution is -0.386. The predicted molar refractivity (Wildman–Crippen MR) is 347 cm³/mol. The zero-order valence-corrected chi connectivity index (χ0v) is 55.9. The number of aliphatic hydroxyl groups is 11. The molecule has 0 aliphatic carbocycles. The predicted octanol–water partition coefficient (Wildman–Crippen LogP) is 6.62. The summed E-state index contributed by atoms with van der Waals surface area (Å²) < 4.78 is 34.7. The smallest absolute Gasteiger partial charge is 0.364 e. The van der Waals surface area contributed by atoms with E-state index in [9.17, 15) is 75.7 Å². The number of allylic oxidation sites excluding steroid dienone is 5. The highest BCUT2D eigenvalue weighted by Gasteiger charge is 2.60. The van der Waals surface area contributed by atoms with Crippen molar-refractivity contribution < 1.29 is 104 Å². The van der Waals surface area contributed by atoms with Crippen LogP contribution in [0.1, 0.15) is 245 Å². The van der Waals surface area contributed by atoms with E-state index in [1.54, 1.807) is 6.08 Å². The van der Waals surface area contributed by atoms with E-state index < -0.39 is 155 Å². The summed E-state index contributed by atoms with van der Waals surface area (Å²) in [4.78, 5) is 38.5. The Morgan fingerprint density at radius 2 is 1.05 bits per heavy atom. The van der Waals surface area contributed by atoms with Crippen molar-refractivity contribution in [3.05, 3.63) is 36.5 Å². The largest absolute Gasteiger partial charge is 0.477 e. The molecule has 23 heteroatoms. The van der Waals surface area contributed by atoms with Crippen LogP contribution in [0.3, 0.4) is 0 Å². The Morgan fingerprint density at radius 3 is 1.53 bits per heavy atom. The molecule has 3 rings (SSSR count). The van der Waals surface area contributed by atoms with Crippen molar-refractivity contribution in [3.63, 3.8) is 0 Å². The van der Waals surface area contributed by atoms with E-state index >= 15 is 0 Å². The average molecular weight is 1320 g/mol. The Bertz CT molecular complexity index is 2000. The van der Waals surface area contributed by atoms with Crippen molar-refractivity contribution in [3.8, 4) is 0 Å². The lowest BCUT2D eigenvalue weighted by Crippen LogP contribution is -2.70. The number of amides is 2. The topological polar surface area (TPSA) is 373 Å². The van der Waals surface area contributed by atoms with Gasteiger partial charge < -0.3 is 100 Å². The molecule has 3 heterocycles. The van der Waals surface area contributed by atoms with Crippen LogP contribution in [0.15, 0.2) is 36.5 Å². The van der Waals surface area contributed by atoms with Crippen molar-refractivity contribution in [2.45, 2.75) is 355 Å². The van der Waals surface area contributed by atoms with Crippen molar-refractivity contribution >= 4 is 17.8 Å². The molecule has 3 fully saturated rings. The van der Waals surface area contributed by atoms with Crippen molar-refractivity contribution in [2.24, 2.45) is 0 Å². The van der Waals surface area contributed by atoms with Gasteiger partial charge in [0.1, 0.15) is 67.1 Å². The van der Waals surface area contributed by atoms with Gasteiger partial charge in [-0.1, -0.05) is 224 Å². The SMILES string of the molecule is CCCCCCCC/C=C\C/C=C\CCC(=O)NC(COC1OC(CO)C(OC2OC(CO)C(O)C(OC3(C(=O)O)CC(O)C(NC(C)=O)C(C(O)C(O)CO)O3)C2O)C(O)C1O)C(O)/C=C/CCCCCCCCCCCCCCCCCCCCCCCCC. The second-order valence-electron chi connectivity index (χ2n) is 25.7. The maximum absolute atomic E-state index is 13.4. The zero-order valence-electron chi connectivity index (χ0n) is 55.9. The van der Waals surface area contributed by atoms with Gasteiger partial charge in [0.25, 0.3) is 5.79 Å². The van der Waals surface area contributed by atoms with Gasteiger partial charge >= 0.3 is 5.97 Å². The van der Waals surface area contributed by atoms with Crippen LogP contribution >= 0.6 is 0 Å². The summed E-state index contributed by atoms with van der Waals surface area (Å²) >= 11 is 0. The summed E-state index contributed by atoms with van der Waals surface area (Å²) in [7, 11) is 0. The van der Waals surface area contributed by atoms with Crippen molar-refractivity contribution in [1.29, 1.82) is 0 Å². The zero-order chi connectivity index (χ0) is 67.5. The summed E-state index contributed by atoms with van der Waals surface area (Å²) in [6.45, 7) is 2.08. The number of aliphatic hydroxyl groups excluding tert-OH is 11. The first-order chi connectivity index (χ1) is 44.4. The molecule has 0 aromatic rings. The summed E-state index contributed by atoms with van der Waals surface area (Å²) in [5, 5.41) is 136. The van der Waals surface area contributed by atoms with Crippen LogP contribution in [0.25, 0.3) is 0 Å². The lowest BCUT2D eigenvalue weighted by Gasteiger charge is -2.50. The summed E-state index contributed by atoms with van der Waals surface area (Å²) in [6, 6.07) is -2.65. The van der Waals surface area contributed by atoms with Gasteiger partial charge in [0, 0.05) is 19.8 Å². The van der Waals surface area contributed by atoms with Gasteiger partial charge in [-0.2, -0.15) is 0 Å². The number of hydrogen-bond acceptors (Lipinski definition) is 20. The fraction of sp³-hybridized carbons (Fsp3) is 0.870. The first-order valence-corrected chi connectivity index (χ1v) is 35.4. The fourth-order valence-electron chi connectivity index (χ4n) is 12.2. The Morgan fingerprint density at radius 1 is 0.576 bits per heavy atom. The highest BCUT2D eigenvalue weighted by atomic mass is 16.8. The third kappa shape index (κ3) is 31.4. The normalized spacial score (nSPS) is 28.4. The number of carbonyl (C=O) groups is 3. The van der Waals surface area contributed by atoms with Gasteiger partial charge in [0.2, 0.25) is 11.8 Å². The average Bonchev–Trinajstić information content (AvgIpc) is 0.767. The molecule has 536 valence electrons. The lowest BCUT2D eigenvalue weighted by atomic mass is 9.88. The molecule has 3 aliphatic heterocycles. The van der Waals surface area contributed by atoms with Gasteiger partial charge in [-0.3, -0.25) is 9.59 Å². The molecule has 0 aromatic heterocycles. The van der Waals surface area contributed by atoms with Crippen molar-refractivity contribution in [1.82, 2.24) is 10.6 Å². The molecular formula is C69H124N2O21. The molecule has 0 spiro atoms. The Labute approximate surface area is 548 Å². The minimum absolute atomic E-state index is 0.0934. The third-order valence-corrected chi connectivity index (χ3v) is 17.8. The number of hydrogen-bond donors (Lipinski definition) is 14. The molecule has 3 saturated heterocycles. The Hall–Kier alpha value is -3.05. The van der Waals surface area contributed by atoms with Crippen LogP contribution < -0.4 is 10.6 Å². The molecule has 3 aliphatic rings. The first kappa shape index (κ1) is 83.2. The Kier molecular flexibility index (Phi) is 44.7. The number of nitrogens with one attached hydrogen (secondary N) is 2. The molecule has 0 radical (unpaired) electrons. The van der Waals surface area contributed by atoms with Crippen LogP contribution in [0.2, 0.25) is 0 Å². The maximum atomic E-state index is 13.4. The van der Waals surface area contributed by atoms with E-state index in [1.807, 2.05) is 18.2 Å². The number of carbonyl (C=O) groups excluding carboxylic acids is 2. The van der Waals surface area contributed by atoms with Crippen LogP contribution in [-0.2, 0) is 42.8 Å². The van der Waals surface area contributed by atoms with E-state index in [-0.39, 0.29) is 12.3 Å². The number of ether oxygens (including phenoxy) is 6. The molecule has 0 saturated carbocycles. The van der Waals surface area contributed by atoms with E-state index in [1.165, 1.54) is 161 Å². The molecule has 18 unspecified atom stereocenters. The van der Waals surface area contributed by atoms with Gasteiger partial charge in [-0.05, 0) is 38.5 Å². The van der Waals surface area contributed by atoms with Crippen LogP contribution in [0, 0.1) is 0 Å². The summed E-state index contributed by atoms with van der Waals surface area (Å²) in [6.07, 6.45) is 22.2. The van der Waals surface area contributed by atoms with E-state index in [4.69, 9.17) is 28.4 Å². The number of unbranched alkanes of at least 4 members (excludes halogenated alkanes) is 29. The number of carboxylic acids is 1. The number of aliphatic carboxylic acids is 1. The Balaban J connectivity index is 1.58. The second-order valence-corrected chi connectivity index (χ2v) is 25.7. The highest BCUT2D eigenvalue weighted by Crippen LogP contribution is 2.39. The maximum Gasteiger partial charge on any atom is 0.364 e. The third-order valence-electron chi connectivity index (χ3n) is 17.8. The summed E-state index contributed by atoms with van der Waals surface area (Å²) in [5.74, 6) is -6.22. The van der Waals surface area contributed by atoms with Gasteiger partial charge in [-0.25, -0.2) is 4.79 Å². The van der Waals surface area contributed by atoms with Crippen LogP contribution in [-0.4, -0.2) is 215 Å². The first-order valence-electron chi connectivity index (χ1n) is 35.4. The molecule has 92 heavy (non-hydrogen) atoms. The van der Waals surface area contributed by atoms with Crippen LogP contribution in [0.4, 0.5) is 0 Å². The van der Waals surface area contributed by atoms with Gasteiger partial charge in [0.05, 0.1) is 50.7 Å². The molecule has 23 nitrogen and oxygen atoms in total. The fourth-order valence-corrected chi connectivity index (χ4v) is 12.2. The minimum atomic E-state index is -3.09. The second kappa shape index (κ2) is 49.5. The molecule has 0 aromatic carbocycles. The molecule has 0 bridgehead atoms. The molecular weight excluding hydrogens is 1190 g/mol. The van der Waals surface area contributed by atoms with E-state index in [0.29, 0.717) is 12.8 Å². The van der Waals surface area contributed by atoms with E-state index in [0.717, 1.165) is 45.4 Å². The van der Waals surface area contributed by atoms with Crippen molar-refractivity contribution in [2.75, 3.05) is 26.4 Å². The molecule has 14 N–H and O–H groups in total. The minimum Gasteiger partial charge on any atom is -0.477 e. The van der Waals surface area contributed by atoms with Gasteiger partial charge in [0.15, 0.2) is 12.6 Å². The van der Waals surface area contributed by atoms with Crippen LogP contribution in [0.5, 0.6) is 0 Å².